The first-order valence-electron chi connectivity index (χ1n) is 11.4. The number of benzene rings is 4. The van der Waals surface area contributed by atoms with Crippen LogP contribution in [0, 0.1) is 0 Å². The van der Waals surface area contributed by atoms with Gasteiger partial charge in [0.15, 0.2) is 11.0 Å². The lowest BCUT2D eigenvalue weighted by atomic mass is 10.1. The third kappa shape index (κ3) is 4.29. The van der Waals surface area contributed by atoms with Crippen LogP contribution in [0.2, 0.25) is 0 Å². The average Bonchev–Trinajstić information content (AvgIpc) is 3.20. The molecule has 0 saturated heterocycles. The van der Waals surface area contributed by atoms with E-state index in [1.54, 1.807) is 0 Å². The number of para-hydroxylation sites is 4. The number of halogens is 1. The van der Waals surface area contributed by atoms with E-state index in [-0.39, 0.29) is 17.0 Å². The van der Waals surface area contributed by atoms with Crippen molar-refractivity contribution in [2.75, 3.05) is 4.90 Å². The summed E-state index contributed by atoms with van der Waals surface area (Å²) in [6.07, 6.45) is 1.97. The fraction of sp³-hybridized carbons (Fsp3) is 0.100. The van der Waals surface area contributed by atoms with E-state index in [4.69, 9.17) is 0 Å². The number of aromatic nitrogens is 2. The predicted molar refractivity (Wildman–Crippen MR) is 138 cm³/mol. The summed E-state index contributed by atoms with van der Waals surface area (Å²) in [4.78, 5) is 2.29. The Morgan fingerprint density at radius 3 is 1.82 bits per heavy atom. The molecule has 0 aliphatic heterocycles. The number of fused-ring (bicyclic) bond motifs is 1. The first kappa shape index (κ1) is 23.5. The lowest BCUT2D eigenvalue weighted by molar-refractivity contribution is -0.650. The normalized spacial score (nSPS) is 10.6. The zero-order valence-electron chi connectivity index (χ0n) is 19.3. The van der Waals surface area contributed by atoms with E-state index in [2.05, 4.69) is 137 Å². The van der Waals surface area contributed by atoms with Crippen LogP contribution in [-0.2, 0) is 13.1 Å². The second-order valence-electron chi connectivity index (χ2n) is 8.01. The Bertz CT molecular complexity index is 1330. The number of imidazole rings is 1. The first-order valence-corrected chi connectivity index (χ1v) is 11.4. The van der Waals surface area contributed by atoms with Gasteiger partial charge in [0.05, 0.1) is 12.1 Å². The highest BCUT2D eigenvalue weighted by Gasteiger charge is 2.25. The number of anilines is 3. The fourth-order valence-corrected chi connectivity index (χ4v) is 4.60. The number of hydrogen-bond acceptors (Lipinski definition) is 1. The fourth-order valence-electron chi connectivity index (χ4n) is 4.60. The van der Waals surface area contributed by atoms with E-state index in [0.717, 1.165) is 30.2 Å². The van der Waals surface area contributed by atoms with Crippen LogP contribution in [0.5, 0.6) is 0 Å². The molecular weight excluding hydrogens is 482 g/mol. The van der Waals surface area contributed by atoms with Crippen LogP contribution in [0.4, 0.5) is 17.1 Å². The van der Waals surface area contributed by atoms with Crippen molar-refractivity contribution in [3.05, 3.63) is 122 Å². The molecule has 0 fully saturated rings. The van der Waals surface area contributed by atoms with Gasteiger partial charge in [-0.05, 0) is 67.6 Å². The minimum absolute atomic E-state index is 0. The molecule has 0 spiro atoms. The predicted octanol–water partition coefficient (Wildman–Crippen LogP) is 4.28. The topological polar surface area (TPSA) is 12.1 Å². The van der Waals surface area contributed by atoms with Crippen molar-refractivity contribution in [2.24, 2.45) is 0 Å². The second-order valence-corrected chi connectivity index (χ2v) is 8.01. The molecule has 4 aromatic carbocycles. The lowest BCUT2D eigenvalue weighted by Crippen LogP contribution is -3.00. The highest BCUT2D eigenvalue weighted by Crippen LogP contribution is 2.35. The van der Waals surface area contributed by atoms with Gasteiger partial charge in [0, 0.05) is 17.1 Å². The van der Waals surface area contributed by atoms with E-state index in [1.807, 2.05) is 6.08 Å². The number of hydrogen-bond donors (Lipinski definition) is 0. The van der Waals surface area contributed by atoms with Gasteiger partial charge in [0.2, 0.25) is 0 Å². The van der Waals surface area contributed by atoms with Gasteiger partial charge in [-0.25, -0.2) is 9.13 Å². The van der Waals surface area contributed by atoms with E-state index in [0.29, 0.717) is 0 Å². The summed E-state index contributed by atoms with van der Waals surface area (Å²) in [6.45, 7) is 7.88. The Balaban J connectivity index is 0.00000274. The van der Waals surface area contributed by atoms with E-state index in [1.165, 1.54) is 22.4 Å². The summed E-state index contributed by atoms with van der Waals surface area (Å²) < 4.78 is 4.74. The Kier molecular flexibility index (Phi) is 7.29. The van der Waals surface area contributed by atoms with Gasteiger partial charge in [0.25, 0.3) is 5.82 Å². The van der Waals surface area contributed by atoms with Crippen LogP contribution in [0.1, 0.15) is 6.92 Å². The van der Waals surface area contributed by atoms with Crippen LogP contribution in [0.3, 0.4) is 0 Å². The molecule has 1 heterocycles. The molecule has 1 aromatic heterocycles. The van der Waals surface area contributed by atoms with Crippen LogP contribution in [0.15, 0.2) is 122 Å². The number of aryl methyl sites for hydroxylation is 1. The quantitative estimate of drug-likeness (QED) is 0.235. The largest absolute Gasteiger partial charge is 1.00 e. The molecule has 0 saturated carbocycles. The molecule has 34 heavy (non-hydrogen) atoms. The van der Waals surface area contributed by atoms with Gasteiger partial charge < -0.3 is 21.9 Å². The maximum Gasteiger partial charge on any atom is 0.290 e. The van der Waals surface area contributed by atoms with Crippen LogP contribution in [-0.4, -0.2) is 4.57 Å². The highest BCUT2D eigenvalue weighted by atomic mass is 79.9. The Labute approximate surface area is 212 Å². The summed E-state index contributed by atoms with van der Waals surface area (Å²) in [5.74, 6) is 1.20. The summed E-state index contributed by atoms with van der Waals surface area (Å²) in [5, 5.41) is 0. The molecule has 0 amide bonds. The number of rotatable bonds is 7. The smallest absolute Gasteiger partial charge is 0.290 e. The third-order valence-corrected chi connectivity index (χ3v) is 6.02. The first-order chi connectivity index (χ1) is 16.3. The molecule has 3 nitrogen and oxygen atoms in total. The minimum Gasteiger partial charge on any atom is -1.00 e. The maximum absolute atomic E-state index is 4.00. The molecule has 0 N–H and O–H groups in total. The van der Waals surface area contributed by atoms with Crippen molar-refractivity contribution in [3.8, 4) is 11.4 Å². The molecular formula is C30H28BrN3. The molecule has 5 rings (SSSR count). The van der Waals surface area contributed by atoms with Crippen LogP contribution >= 0.6 is 0 Å². The maximum atomic E-state index is 4.00. The molecule has 5 aromatic rings. The van der Waals surface area contributed by atoms with Gasteiger partial charge in [-0.2, -0.15) is 0 Å². The minimum atomic E-state index is 0. The van der Waals surface area contributed by atoms with Gasteiger partial charge in [0.1, 0.15) is 6.54 Å². The molecule has 170 valence electrons. The summed E-state index contributed by atoms with van der Waals surface area (Å²) in [7, 11) is 0. The Morgan fingerprint density at radius 1 is 0.735 bits per heavy atom. The van der Waals surface area contributed by atoms with Crippen molar-refractivity contribution in [3.63, 3.8) is 0 Å². The molecule has 0 radical (unpaired) electrons. The lowest BCUT2D eigenvalue weighted by Gasteiger charge is -2.25. The number of nitrogens with zero attached hydrogens (tertiary/aromatic N) is 3. The van der Waals surface area contributed by atoms with Crippen molar-refractivity contribution >= 4 is 28.1 Å². The summed E-state index contributed by atoms with van der Waals surface area (Å²) in [6, 6.07) is 38.5. The molecule has 0 bridgehead atoms. The van der Waals surface area contributed by atoms with Gasteiger partial charge in [-0.15, -0.1) is 0 Å². The SMILES string of the molecule is C=CC[n+]1c(-c2ccc(N(c3ccccc3)c3ccccc3)cc2)n(CC)c2ccccc21.[Br-]. The zero-order valence-corrected chi connectivity index (χ0v) is 20.9. The molecule has 0 aliphatic carbocycles. The third-order valence-electron chi connectivity index (χ3n) is 6.02. The van der Waals surface area contributed by atoms with Crippen LogP contribution < -0.4 is 26.4 Å². The monoisotopic (exact) mass is 509 g/mol. The second kappa shape index (κ2) is 10.5. The number of allylic oxidation sites excluding steroid dienone is 1. The Morgan fingerprint density at radius 2 is 1.26 bits per heavy atom. The summed E-state index contributed by atoms with van der Waals surface area (Å²) in [5.41, 5.74) is 7.08. The molecule has 4 heteroatoms. The molecule has 0 unspecified atom stereocenters. The van der Waals surface area contributed by atoms with Crippen molar-refractivity contribution in [1.29, 1.82) is 0 Å². The van der Waals surface area contributed by atoms with Gasteiger partial charge >= 0.3 is 0 Å². The molecule has 0 atom stereocenters. The molecule has 0 aliphatic rings. The van der Waals surface area contributed by atoms with Crippen LogP contribution in [0.25, 0.3) is 22.4 Å². The summed E-state index contributed by atoms with van der Waals surface area (Å²) >= 11 is 0. The van der Waals surface area contributed by atoms with Gasteiger partial charge in [-0.1, -0.05) is 61.2 Å². The average molecular weight is 510 g/mol. The standard InChI is InChI=1S/C30H28N3.BrH/c1-3-23-32-29-18-12-11-17-28(29)31(4-2)30(32)24-19-21-27(22-20-24)33(25-13-7-5-8-14-25)26-15-9-6-10-16-26;/h3,5-22H,1,4,23H2,2H3;1H/q+1;/p-1. The highest BCUT2D eigenvalue weighted by molar-refractivity contribution is 5.79. The van der Waals surface area contributed by atoms with E-state index < -0.39 is 0 Å². The van der Waals surface area contributed by atoms with Gasteiger partial charge in [-0.3, -0.25) is 0 Å². The van der Waals surface area contributed by atoms with Crippen molar-refractivity contribution in [2.45, 2.75) is 20.0 Å². The van der Waals surface area contributed by atoms with Crippen molar-refractivity contribution in [1.82, 2.24) is 4.57 Å². The Hall–Kier alpha value is -3.63. The van der Waals surface area contributed by atoms with Crippen molar-refractivity contribution < 1.29 is 21.5 Å². The van der Waals surface area contributed by atoms with E-state index in [9.17, 15) is 0 Å². The van der Waals surface area contributed by atoms with E-state index >= 15 is 0 Å². The zero-order chi connectivity index (χ0) is 22.6.